The molecule has 0 bridgehead atoms. The van der Waals surface area contributed by atoms with Crippen molar-refractivity contribution in [2.24, 2.45) is 11.8 Å². The number of Topliss-reactive ketones (excluding diaryl/α,β-unsaturated/α-hetero) is 1. The molecule has 2 unspecified atom stereocenters. The van der Waals surface area contributed by atoms with Gasteiger partial charge in [-0.05, 0) is 39.2 Å². The molecule has 2 heteroatoms. The Bertz CT molecular complexity index is 237. The zero-order valence-corrected chi connectivity index (χ0v) is 12.0. The highest BCUT2D eigenvalue weighted by Crippen LogP contribution is 2.30. The number of rotatable bonds is 6. The second-order valence-electron chi connectivity index (χ2n) is 5.77. The third kappa shape index (κ3) is 4.42. The van der Waals surface area contributed by atoms with E-state index < -0.39 is 0 Å². The van der Waals surface area contributed by atoms with E-state index in [-0.39, 0.29) is 0 Å². The minimum atomic E-state index is 0.308. The van der Waals surface area contributed by atoms with Gasteiger partial charge in [-0.15, -0.1) is 0 Å². The maximum Gasteiger partial charge on any atom is 0.137 e. The highest BCUT2D eigenvalue weighted by atomic mass is 16.1. The fraction of sp³-hybridized carbons (Fsp3) is 0.933. The van der Waals surface area contributed by atoms with Crippen molar-refractivity contribution in [1.29, 1.82) is 0 Å². The summed E-state index contributed by atoms with van der Waals surface area (Å²) in [5, 5.41) is 0. The first-order valence-corrected chi connectivity index (χ1v) is 7.35. The molecule has 17 heavy (non-hydrogen) atoms. The monoisotopic (exact) mass is 239 g/mol. The van der Waals surface area contributed by atoms with E-state index in [9.17, 15) is 4.79 Å². The largest absolute Gasteiger partial charge is 0.300 e. The van der Waals surface area contributed by atoms with Crippen LogP contribution in [0, 0.1) is 11.8 Å². The smallest absolute Gasteiger partial charge is 0.137 e. The molecule has 1 rings (SSSR count). The fourth-order valence-electron chi connectivity index (χ4n) is 3.04. The van der Waals surface area contributed by atoms with Crippen molar-refractivity contribution in [2.75, 3.05) is 13.1 Å². The minimum absolute atomic E-state index is 0.308. The highest BCUT2D eigenvalue weighted by molar-refractivity contribution is 5.81. The summed E-state index contributed by atoms with van der Waals surface area (Å²) in [6.45, 7) is 10.9. The van der Waals surface area contributed by atoms with Crippen molar-refractivity contribution in [3.8, 4) is 0 Å². The Balaban J connectivity index is 2.51. The summed E-state index contributed by atoms with van der Waals surface area (Å²) in [6.07, 6.45) is 5.66. The third-order valence-corrected chi connectivity index (χ3v) is 4.16. The van der Waals surface area contributed by atoms with Crippen molar-refractivity contribution in [3.05, 3.63) is 0 Å². The van der Waals surface area contributed by atoms with E-state index in [1.165, 1.54) is 12.8 Å². The number of hydrogen-bond acceptors (Lipinski definition) is 2. The van der Waals surface area contributed by atoms with Gasteiger partial charge in [0.25, 0.3) is 0 Å². The molecule has 0 radical (unpaired) electrons. The van der Waals surface area contributed by atoms with Gasteiger partial charge in [-0.2, -0.15) is 0 Å². The topological polar surface area (TPSA) is 20.3 Å². The van der Waals surface area contributed by atoms with Crippen molar-refractivity contribution in [2.45, 2.75) is 65.8 Å². The molecule has 1 aliphatic rings. The average molecular weight is 239 g/mol. The maximum atomic E-state index is 12.0. The summed E-state index contributed by atoms with van der Waals surface area (Å²) in [6, 6.07) is 0.555. The maximum absolute atomic E-state index is 12.0. The molecular formula is C15H29NO. The number of carbonyl (C=O) groups excluding carboxylic acids is 1. The van der Waals surface area contributed by atoms with Gasteiger partial charge < -0.3 is 4.90 Å². The van der Waals surface area contributed by atoms with Gasteiger partial charge in [-0.25, -0.2) is 0 Å². The first kappa shape index (κ1) is 14.7. The Kier molecular flexibility index (Phi) is 6.18. The molecule has 0 aromatic heterocycles. The van der Waals surface area contributed by atoms with Crippen LogP contribution in [0.2, 0.25) is 0 Å². The lowest BCUT2D eigenvalue weighted by Gasteiger charge is -2.33. The van der Waals surface area contributed by atoms with Crippen LogP contribution in [0.4, 0.5) is 0 Å². The normalized spacial score (nSPS) is 25.9. The van der Waals surface area contributed by atoms with Gasteiger partial charge in [-0.3, -0.25) is 4.79 Å². The molecule has 0 heterocycles. The molecule has 2 atom stereocenters. The number of hydrogen-bond donors (Lipinski definition) is 0. The molecule has 0 aromatic carbocycles. The molecule has 0 N–H and O–H groups in total. The molecule has 1 fully saturated rings. The van der Waals surface area contributed by atoms with E-state index in [1.54, 1.807) is 0 Å². The summed E-state index contributed by atoms with van der Waals surface area (Å²) in [5.74, 6) is 1.62. The summed E-state index contributed by atoms with van der Waals surface area (Å²) < 4.78 is 0. The van der Waals surface area contributed by atoms with E-state index in [4.69, 9.17) is 0 Å². The van der Waals surface area contributed by atoms with Crippen LogP contribution in [0.15, 0.2) is 0 Å². The molecule has 100 valence electrons. The van der Waals surface area contributed by atoms with E-state index in [0.717, 1.165) is 38.3 Å². The Hall–Kier alpha value is -0.370. The van der Waals surface area contributed by atoms with Gasteiger partial charge in [0, 0.05) is 24.9 Å². The van der Waals surface area contributed by atoms with Crippen LogP contribution in [-0.2, 0) is 4.79 Å². The van der Waals surface area contributed by atoms with Gasteiger partial charge >= 0.3 is 0 Å². The Morgan fingerprint density at radius 1 is 1.35 bits per heavy atom. The molecule has 0 aliphatic heterocycles. The Morgan fingerprint density at radius 2 is 2.06 bits per heavy atom. The summed E-state index contributed by atoms with van der Waals surface area (Å²) in [4.78, 5) is 14.4. The fourth-order valence-corrected chi connectivity index (χ4v) is 3.04. The molecule has 0 saturated heterocycles. The lowest BCUT2D eigenvalue weighted by Crippen LogP contribution is -2.40. The number of carbonyl (C=O) groups is 1. The van der Waals surface area contributed by atoms with Gasteiger partial charge in [0.15, 0.2) is 0 Å². The molecule has 0 aromatic rings. The van der Waals surface area contributed by atoms with E-state index in [1.807, 2.05) is 0 Å². The molecule has 0 spiro atoms. The predicted octanol–water partition coefficient (Wildman–Crippen LogP) is 3.50. The molecule has 1 aliphatic carbocycles. The van der Waals surface area contributed by atoms with Gasteiger partial charge in [-0.1, -0.05) is 26.7 Å². The lowest BCUT2D eigenvalue weighted by atomic mass is 9.78. The SMILES string of the molecule is CCCC1CCC(=O)C(CN(CC)C(C)C)C1. The number of ketones is 1. The standard InChI is InChI=1S/C15H29NO/c1-5-7-13-8-9-15(17)14(10-13)11-16(6-2)12(3)4/h12-14H,5-11H2,1-4H3. The van der Waals surface area contributed by atoms with Crippen LogP contribution in [0.1, 0.15) is 59.8 Å². The van der Waals surface area contributed by atoms with E-state index in [0.29, 0.717) is 17.7 Å². The quantitative estimate of drug-likeness (QED) is 0.707. The van der Waals surface area contributed by atoms with Crippen molar-refractivity contribution >= 4 is 5.78 Å². The summed E-state index contributed by atoms with van der Waals surface area (Å²) in [7, 11) is 0. The predicted molar refractivity (Wildman–Crippen MR) is 73.1 cm³/mol. The van der Waals surface area contributed by atoms with Crippen LogP contribution < -0.4 is 0 Å². The first-order valence-electron chi connectivity index (χ1n) is 7.35. The Labute approximate surface area is 107 Å². The van der Waals surface area contributed by atoms with Crippen LogP contribution in [-0.4, -0.2) is 29.8 Å². The molecule has 1 saturated carbocycles. The highest BCUT2D eigenvalue weighted by Gasteiger charge is 2.29. The first-order chi connectivity index (χ1) is 8.08. The second-order valence-corrected chi connectivity index (χ2v) is 5.77. The molecule has 2 nitrogen and oxygen atoms in total. The van der Waals surface area contributed by atoms with Crippen LogP contribution in [0.3, 0.4) is 0 Å². The van der Waals surface area contributed by atoms with Crippen LogP contribution in [0.5, 0.6) is 0 Å². The average Bonchev–Trinajstić information content (AvgIpc) is 2.29. The van der Waals surface area contributed by atoms with Gasteiger partial charge in [0.1, 0.15) is 5.78 Å². The summed E-state index contributed by atoms with van der Waals surface area (Å²) in [5.41, 5.74) is 0. The third-order valence-electron chi connectivity index (χ3n) is 4.16. The molecule has 0 amide bonds. The van der Waals surface area contributed by atoms with Crippen molar-refractivity contribution in [3.63, 3.8) is 0 Å². The Morgan fingerprint density at radius 3 is 2.59 bits per heavy atom. The van der Waals surface area contributed by atoms with Crippen LogP contribution >= 0.6 is 0 Å². The zero-order valence-electron chi connectivity index (χ0n) is 12.0. The van der Waals surface area contributed by atoms with Crippen LogP contribution in [0.25, 0.3) is 0 Å². The summed E-state index contributed by atoms with van der Waals surface area (Å²) >= 11 is 0. The van der Waals surface area contributed by atoms with E-state index in [2.05, 4.69) is 32.6 Å². The molecular weight excluding hydrogens is 210 g/mol. The minimum Gasteiger partial charge on any atom is -0.300 e. The zero-order chi connectivity index (χ0) is 12.8. The number of nitrogens with zero attached hydrogens (tertiary/aromatic N) is 1. The van der Waals surface area contributed by atoms with Crippen molar-refractivity contribution < 1.29 is 4.79 Å². The van der Waals surface area contributed by atoms with Gasteiger partial charge in [0.05, 0.1) is 0 Å². The van der Waals surface area contributed by atoms with E-state index >= 15 is 0 Å². The van der Waals surface area contributed by atoms with Gasteiger partial charge in [0.2, 0.25) is 0 Å². The lowest BCUT2D eigenvalue weighted by molar-refractivity contribution is -0.126. The second kappa shape index (κ2) is 7.15. The van der Waals surface area contributed by atoms with Crippen molar-refractivity contribution in [1.82, 2.24) is 4.90 Å².